The number of ether oxygens (including phenoxy) is 1. The standard InChI is InChI=1S/C17H16F3N3O/c1-11(2)22-16(23-21)13-7-5-6-12(10-13)14-8-3-4-9-15(14)24-17(18,19)20/h3-10H,21H2,1-2H3/b23-16-. The van der Waals surface area contributed by atoms with E-state index in [1.807, 2.05) is 0 Å². The van der Waals surface area contributed by atoms with Crippen molar-refractivity contribution in [1.82, 2.24) is 0 Å². The van der Waals surface area contributed by atoms with Gasteiger partial charge in [0.1, 0.15) is 5.75 Å². The summed E-state index contributed by atoms with van der Waals surface area (Å²) < 4.78 is 41.8. The SMILES string of the molecule is CC(C)=N/C(=N\N)c1cccc(-c2ccccc2OC(F)(F)F)c1. The molecule has 0 unspecified atom stereocenters. The summed E-state index contributed by atoms with van der Waals surface area (Å²) in [5, 5.41) is 3.63. The largest absolute Gasteiger partial charge is 0.573 e. The molecular formula is C17H16F3N3O. The number of amidine groups is 1. The maximum absolute atomic E-state index is 12.6. The molecule has 2 rings (SSSR count). The first-order valence-corrected chi connectivity index (χ1v) is 7.05. The van der Waals surface area contributed by atoms with Gasteiger partial charge in [0.05, 0.1) is 0 Å². The van der Waals surface area contributed by atoms with Crippen LogP contribution in [-0.2, 0) is 0 Å². The van der Waals surface area contributed by atoms with Gasteiger partial charge in [0.15, 0.2) is 5.84 Å². The molecule has 0 aromatic heterocycles. The number of hydrogen-bond acceptors (Lipinski definition) is 3. The average molecular weight is 335 g/mol. The fourth-order valence-corrected chi connectivity index (χ4v) is 2.12. The molecule has 0 bridgehead atoms. The van der Waals surface area contributed by atoms with E-state index < -0.39 is 6.36 Å². The Hall–Kier alpha value is -2.83. The number of halogens is 3. The van der Waals surface area contributed by atoms with Gasteiger partial charge in [-0.15, -0.1) is 13.2 Å². The van der Waals surface area contributed by atoms with Crippen molar-refractivity contribution in [3.8, 4) is 16.9 Å². The van der Waals surface area contributed by atoms with Crippen LogP contribution < -0.4 is 10.6 Å². The molecule has 0 aliphatic carbocycles. The number of para-hydroxylation sites is 1. The Bertz CT molecular complexity index is 779. The maximum atomic E-state index is 12.6. The quantitative estimate of drug-likeness (QED) is 0.392. The summed E-state index contributed by atoms with van der Waals surface area (Å²) in [5.41, 5.74) is 2.20. The van der Waals surface area contributed by atoms with Gasteiger partial charge in [-0.1, -0.05) is 36.4 Å². The number of nitrogens with zero attached hydrogens (tertiary/aromatic N) is 2. The number of aliphatic imine (C=N–C) groups is 1. The molecule has 0 amide bonds. The van der Waals surface area contributed by atoms with Gasteiger partial charge in [0.25, 0.3) is 0 Å². The molecule has 0 aliphatic rings. The Balaban J connectivity index is 2.48. The lowest BCUT2D eigenvalue weighted by atomic mass is 10.0. The van der Waals surface area contributed by atoms with Gasteiger partial charge in [-0.05, 0) is 31.5 Å². The zero-order valence-electron chi connectivity index (χ0n) is 13.1. The summed E-state index contributed by atoms with van der Waals surface area (Å²) in [5.74, 6) is 5.39. The first kappa shape index (κ1) is 17.5. The highest BCUT2D eigenvalue weighted by atomic mass is 19.4. The second-order valence-corrected chi connectivity index (χ2v) is 5.14. The summed E-state index contributed by atoms with van der Waals surface area (Å²) in [6.07, 6.45) is -4.76. The Morgan fingerprint density at radius 2 is 1.75 bits per heavy atom. The van der Waals surface area contributed by atoms with Crippen LogP contribution in [0.1, 0.15) is 19.4 Å². The normalized spacial score (nSPS) is 12.0. The predicted octanol–water partition coefficient (Wildman–Crippen LogP) is 4.35. The van der Waals surface area contributed by atoms with E-state index in [0.717, 1.165) is 5.71 Å². The minimum absolute atomic E-state index is 0.274. The molecule has 0 heterocycles. The Kier molecular flexibility index (Phi) is 5.23. The van der Waals surface area contributed by atoms with Crippen molar-refractivity contribution in [2.75, 3.05) is 0 Å². The molecule has 24 heavy (non-hydrogen) atoms. The van der Waals surface area contributed by atoms with E-state index in [4.69, 9.17) is 5.84 Å². The minimum atomic E-state index is -4.76. The summed E-state index contributed by atoms with van der Waals surface area (Å²) >= 11 is 0. The van der Waals surface area contributed by atoms with E-state index >= 15 is 0 Å². The highest BCUT2D eigenvalue weighted by Gasteiger charge is 2.32. The Morgan fingerprint density at radius 1 is 1.04 bits per heavy atom. The lowest BCUT2D eigenvalue weighted by Gasteiger charge is -2.13. The van der Waals surface area contributed by atoms with Gasteiger partial charge in [0.2, 0.25) is 0 Å². The molecule has 2 aromatic rings. The summed E-state index contributed by atoms with van der Waals surface area (Å²) in [7, 11) is 0. The molecule has 0 saturated heterocycles. The molecule has 4 nitrogen and oxygen atoms in total. The molecule has 0 saturated carbocycles. The summed E-state index contributed by atoms with van der Waals surface area (Å²) in [4.78, 5) is 4.21. The topological polar surface area (TPSA) is 60.0 Å². The molecule has 0 radical (unpaired) electrons. The monoisotopic (exact) mass is 335 g/mol. The summed E-state index contributed by atoms with van der Waals surface area (Å²) in [6, 6.07) is 12.7. The molecule has 0 aliphatic heterocycles. The zero-order chi connectivity index (χ0) is 17.7. The Morgan fingerprint density at radius 3 is 2.38 bits per heavy atom. The van der Waals surface area contributed by atoms with Crippen molar-refractivity contribution < 1.29 is 17.9 Å². The van der Waals surface area contributed by atoms with E-state index in [1.54, 1.807) is 50.2 Å². The van der Waals surface area contributed by atoms with Crippen LogP contribution in [0.3, 0.4) is 0 Å². The number of hydrogen-bond donors (Lipinski definition) is 1. The van der Waals surface area contributed by atoms with Gasteiger partial charge in [-0.3, -0.25) is 0 Å². The maximum Gasteiger partial charge on any atom is 0.573 e. The van der Waals surface area contributed by atoms with Gasteiger partial charge in [-0.2, -0.15) is 5.10 Å². The first-order valence-electron chi connectivity index (χ1n) is 7.05. The second-order valence-electron chi connectivity index (χ2n) is 5.14. The molecule has 0 atom stereocenters. The van der Waals surface area contributed by atoms with E-state index in [-0.39, 0.29) is 5.75 Å². The minimum Gasteiger partial charge on any atom is -0.405 e. The van der Waals surface area contributed by atoms with Gasteiger partial charge in [-0.25, -0.2) is 4.99 Å². The van der Waals surface area contributed by atoms with Crippen molar-refractivity contribution in [2.45, 2.75) is 20.2 Å². The van der Waals surface area contributed by atoms with Crippen LogP contribution in [0.4, 0.5) is 13.2 Å². The number of hydrazone groups is 1. The van der Waals surface area contributed by atoms with Crippen LogP contribution in [0.15, 0.2) is 58.6 Å². The second kappa shape index (κ2) is 7.16. The van der Waals surface area contributed by atoms with E-state index in [2.05, 4.69) is 14.8 Å². The third kappa shape index (κ3) is 4.58. The summed E-state index contributed by atoms with van der Waals surface area (Å²) in [6.45, 7) is 3.59. The van der Waals surface area contributed by atoms with Crippen LogP contribution >= 0.6 is 0 Å². The van der Waals surface area contributed by atoms with Crippen molar-refractivity contribution in [1.29, 1.82) is 0 Å². The van der Waals surface area contributed by atoms with E-state index in [0.29, 0.717) is 22.5 Å². The van der Waals surface area contributed by atoms with Crippen molar-refractivity contribution in [3.05, 3.63) is 54.1 Å². The highest BCUT2D eigenvalue weighted by Crippen LogP contribution is 2.34. The molecule has 0 fully saturated rings. The van der Waals surface area contributed by atoms with Crippen LogP contribution in [0.5, 0.6) is 5.75 Å². The van der Waals surface area contributed by atoms with Crippen LogP contribution in [0.25, 0.3) is 11.1 Å². The molecule has 0 spiro atoms. The fraction of sp³-hybridized carbons (Fsp3) is 0.176. The number of benzene rings is 2. The smallest absolute Gasteiger partial charge is 0.405 e. The zero-order valence-corrected chi connectivity index (χ0v) is 13.1. The molecule has 7 heteroatoms. The fourth-order valence-electron chi connectivity index (χ4n) is 2.12. The van der Waals surface area contributed by atoms with E-state index in [9.17, 15) is 13.2 Å². The van der Waals surface area contributed by atoms with Crippen molar-refractivity contribution in [3.63, 3.8) is 0 Å². The third-order valence-corrected chi connectivity index (χ3v) is 3.00. The highest BCUT2D eigenvalue weighted by molar-refractivity contribution is 6.06. The van der Waals surface area contributed by atoms with Crippen molar-refractivity contribution in [2.24, 2.45) is 15.9 Å². The van der Waals surface area contributed by atoms with Crippen LogP contribution in [0, 0.1) is 0 Å². The molecule has 2 N–H and O–H groups in total. The Labute approximate surface area is 137 Å². The van der Waals surface area contributed by atoms with E-state index in [1.165, 1.54) is 12.1 Å². The van der Waals surface area contributed by atoms with Crippen molar-refractivity contribution >= 4 is 11.5 Å². The van der Waals surface area contributed by atoms with Crippen LogP contribution in [-0.4, -0.2) is 17.9 Å². The predicted molar refractivity (Wildman–Crippen MR) is 88.1 cm³/mol. The molecule has 126 valence electrons. The average Bonchev–Trinajstić information content (AvgIpc) is 2.51. The number of alkyl halides is 3. The third-order valence-electron chi connectivity index (χ3n) is 3.00. The molecular weight excluding hydrogens is 319 g/mol. The molecule has 2 aromatic carbocycles. The van der Waals surface area contributed by atoms with Gasteiger partial charge >= 0.3 is 6.36 Å². The van der Waals surface area contributed by atoms with Crippen LogP contribution in [0.2, 0.25) is 0 Å². The van der Waals surface area contributed by atoms with Gasteiger partial charge in [0, 0.05) is 16.8 Å². The van der Waals surface area contributed by atoms with Gasteiger partial charge < -0.3 is 10.6 Å². The lowest BCUT2D eigenvalue weighted by Crippen LogP contribution is -2.17. The number of rotatable bonds is 3. The number of nitrogens with two attached hydrogens (primary N) is 1. The lowest BCUT2D eigenvalue weighted by molar-refractivity contribution is -0.274. The first-order chi connectivity index (χ1) is 11.3.